The van der Waals surface area contributed by atoms with Gasteiger partial charge in [0.25, 0.3) is 0 Å². The molecule has 2 aromatic rings. The molecule has 27 heavy (non-hydrogen) atoms. The van der Waals surface area contributed by atoms with Gasteiger partial charge in [-0.25, -0.2) is 0 Å². The molecular formula is C18H20N4O4S. The van der Waals surface area contributed by atoms with Gasteiger partial charge in [0.2, 0.25) is 5.75 Å². The molecule has 0 fully saturated rings. The van der Waals surface area contributed by atoms with Crippen LogP contribution in [-0.4, -0.2) is 29.5 Å². The predicted octanol–water partition coefficient (Wildman–Crippen LogP) is 3.71. The largest absolute Gasteiger partial charge is 0.493 e. The lowest BCUT2D eigenvalue weighted by atomic mass is 10.2. The summed E-state index contributed by atoms with van der Waals surface area (Å²) in [5, 5.41) is 18.6. The second-order valence-corrected chi connectivity index (χ2v) is 6.09. The molecule has 0 heterocycles. The van der Waals surface area contributed by atoms with Crippen LogP contribution in [-0.2, 0) is 0 Å². The number of hydrogen-bond donors (Lipinski definition) is 2. The number of nitro groups is 1. The van der Waals surface area contributed by atoms with E-state index in [0.29, 0.717) is 10.7 Å². The SMILES string of the molecule is COc1cc(/C=N/NC(=S)Nc2ccccc2)cc([N+](=O)[O-])c1OC(C)C. The van der Waals surface area contributed by atoms with Crippen molar-refractivity contribution in [1.29, 1.82) is 0 Å². The molecule has 0 radical (unpaired) electrons. The van der Waals surface area contributed by atoms with Gasteiger partial charge in [-0.15, -0.1) is 0 Å². The molecule has 0 aromatic heterocycles. The summed E-state index contributed by atoms with van der Waals surface area (Å²) in [5.41, 5.74) is 3.74. The van der Waals surface area contributed by atoms with Crippen LogP contribution in [0.1, 0.15) is 19.4 Å². The van der Waals surface area contributed by atoms with Gasteiger partial charge in [-0.3, -0.25) is 15.5 Å². The number of hydrazone groups is 1. The first-order valence-corrected chi connectivity index (χ1v) is 8.49. The van der Waals surface area contributed by atoms with Crippen LogP contribution >= 0.6 is 12.2 Å². The Morgan fingerprint density at radius 3 is 2.59 bits per heavy atom. The van der Waals surface area contributed by atoms with E-state index in [1.54, 1.807) is 19.9 Å². The number of nitrogens with zero attached hydrogens (tertiary/aromatic N) is 2. The molecule has 2 rings (SSSR count). The van der Waals surface area contributed by atoms with Crippen molar-refractivity contribution < 1.29 is 14.4 Å². The van der Waals surface area contributed by atoms with Crippen LogP contribution in [0.4, 0.5) is 11.4 Å². The monoisotopic (exact) mass is 388 g/mol. The summed E-state index contributed by atoms with van der Waals surface area (Å²) in [6.07, 6.45) is 1.17. The molecule has 9 heteroatoms. The summed E-state index contributed by atoms with van der Waals surface area (Å²) in [6.45, 7) is 3.56. The molecule has 0 bridgehead atoms. The van der Waals surface area contributed by atoms with Gasteiger partial charge in [0.15, 0.2) is 10.9 Å². The highest BCUT2D eigenvalue weighted by Gasteiger charge is 2.22. The average molecular weight is 388 g/mol. The molecule has 0 aliphatic rings. The highest BCUT2D eigenvalue weighted by molar-refractivity contribution is 7.80. The zero-order valence-corrected chi connectivity index (χ0v) is 15.9. The molecule has 2 N–H and O–H groups in total. The number of hydrogen-bond acceptors (Lipinski definition) is 6. The zero-order valence-electron chi connectivity index (χ0n) is 15.1. The number of rotatable bonds is 7. The minimum absolute atomic E-state index is 0.0869. The minimum Gasteiger partial charge on any atom is -0.493 e. The van der Waals surface area contributed by atoms with Gasteiger partial charge in [0.05, 0.1) is 24.4 Å². The van der Waals surface area contributed by atoms with E-state index in [2.05, 4.69) is 15.8 Å². The minimum atomic E-state index is -0.521. The Morgan fingerprint density at radius 1 is 1.30 bits per heavy atom. The van der Waals surface area contributed by atoms with Crippen LogP contribution in [0.15, 0.2) is 47.6 Å². The van der Waals surface area contributed by atoms with E-state index in [1.807, 2.05) is 30.3 Å². The molecule has 0 saturated carbocycles. The number of nitrogens with one attached hydrogen (secondary N) is 2. The summed E-state index contributed by atoms with van der Waals surface area (Å²) in [7, 11) is 1.42. The van der Waals surface area contributed by atoms with Gasteiger partial charge in [-0.2, -0.15) is 5.10 Å². The van der Waals surface area contributed by atoms with E-state index in [1.165, 1.54) is 19.4 Å². The number of anilines is 1. The Hall–Kier alpha value is -3.20. The number of benzene rings is 2. The van der Waals surface area contributed by atoms with Crippen molar-refractivity contribution in [2.24, 2.45) is 5.10 Å². The standard InChI is InChI=1S/C18H20N4O4S/c1-12(2)26-17-15(22(23)24)9-13(10-16(17)25-3)11-19-21-18(27)20-14-7-5-4-6-8-14/h4-12H,1-3H3,(H2,20,21,27)/b19-11+. The lowest BCUT2D eigenvalue weighted by Gasteiger charge is -2.14. The first kappa shape index (κ1) is 20.1. The number of methoxy groups -OCH3 is 1. The molecule has 8 nitrogen and oxygen atoms in total. The van der Waals surface area contributed by atoms with Gasteiger partial charge < -0.3 is 14.8 Å². The summed E-state index contributed by atoms with van der Waals surface area (Å²) in [5.74, 6) is 0.341. The molecule has 0 saturated heterocycles. The Labute approximate surface area is 162 Å². The third-order valence-electron chi connectivity index (χ3n) is 3.24. The maximum Gasteiger partial charge on any atom is 0.315 e. The highest BCUT2D eigenvalue weighted by Crippen LogP contribution is 2.38. The number of thiocarbonyl (C=S) groups is 1. The topological polar surface area (TPSA) is 98.0 Å². The third-order valence-corrected chi connectivity index (χ3v) is 3.43. The lowest BCUT2D eigenvalue weighted by molar-refractivity contribution is -0.386. The van der Waals surface area contributed by atoms with E-state index < -0.39 is 4.92 Å². The van der Waals surface area contributed by atoms with Gasteiger partial charge >= 0.3 is 5.69 Å². The van der Waals surface area contributed by atoms with Crippen LogP contribution in [0.3, 0.4) is 0 Å². The average Bonchev–Trinajstić information content (AvgIpc) is 2.62. The summed E-state index contributed by atoms with van der Waals surface area (Å²) in [6, 6.07) is 12.3. The fourth-order valence-corrected chi connectivity index (χ4v) is 2.34. The van der Waals surface area contributed by atoms with Gasteiger partial charge in [-0.1, -0.05) is 18.2 Å². The van der Waals surface area contributed by atoms with E-state index >= 15 is 0 Å². The van der Waals surface area contributed by atoms with Crippen LogP contribution in [0.5, 0.6) is 11.5 Å². The van der Waals surface area contributed by atoms with Crippen molar-refractivity contribution in [2.75, 3.05) is 12.4 Å². The lowest BCUT2D eigenvalue weighted by Crippen LogP contribution is -2.23. The van der Waals surface area contributed by atoms with Crippen molar-refractivity contribution in [3.63, 3.8) is 0 Å². The highest BCUT2D eigenvalue weighted by atomic mass is 32.1. The zero-order chi connectivity index (χ0) is 19.8. The maximum absolute atomic E-state index is 11.4. The van der Waals surface area contributed by atoms with Gasteiger partial charge in [0, 0.05) is 17.3 Å². The van der Waals surface area contributed by atoms with Crippen LogP contribution in [0, 0.1) is 10.1 Å². The summed E-state index contributed by atoms with van der Waals surface area (Å²) < 4.78 is 10.8. The van der Waals surface area contributed by atoms with Crippen LogP contribution < -0.4 is 20.2 Å². The summed E-state index contributed by atoms with van der Waals surface area (Å²) in [4.78, 5) is 10.9. The first-order valence-electron chi connectivity index (χ1n) is 8.09. The second kappa shape index (κ2) is 9.48. The van der Waals surface area contributed by atoms with E-state index in [-0.39, 0.29) is 23.3 Å². The number of nitro benzene ring substituents is 1. The van der Waals surface area contributed by atoms with Gasteiger partial charge in [-0.05, 0) is 44.3 Å². The Morgan fingerprint density at radius 2 is 2.00 bits per heavy atom. The Kier molecular flexibility index (Phi) is 7.07. The van der Waals surface area contributed by atoms with Gasteiger partial charge in [0.1, 0.15) is 0 Å². The fourth-order valence-electron chi connectivity index (χ4n) is 2.17. The first-order chi connectivity index (χ1) is 12.9. The predicted molar refractivity (Wildman–Crippen MR) is 109 cm³/mol. The Balaban J connectivity index is 2.15. The fraction of sp³-hybridized carbons (Fsp3) is 0.222. The quantitative estimate of drug-likeness (QED) is 0.323. The maximum atomic E-state index is 11.4. The summed E-state index contributed by atoms with van der Waals surface area (Å²) >= 11 is 5.15. The van der Waals surface area contributed by atoms with Crippen molar-refractivity contribution in [3.05, 3.63) is 58.1 Å². The second-order valence-electron chi connectivity index (χ2n) is 5.69. The molecule has 0 aliphatic carbocycles. The van der Waals surface area contributed by atoms with E-state index in [0.717, 1.165) is 5.69 Å². The molecule has 142 valence electrons. The molecule has 0 aliphatic heterocycles. The third kappa shape index (κ3) is 5.93. The smallest absolute Gasteiger partial charge is 0.315 e. The number of ether oxygens (including phenoxy) is 2. The van der Waals surface area contributed by atoms with Crippen molar-refractivity contribution in [2.45, 2.75) is 20.0 Å². The van der Waals surface area contributed by atoms with Crippen molar-refractivity contribution >= 4 is 34.9 Å². The molecule has 0 spiro atoms. The van der Waals surface area contributed by atoms with Crippen LogP contribution in [0.2, 0.25) is 0 Å². The Bertz CT molecular complexity index is 841. The van der Waals surface area contributed by atoms with E-state index in [9.17, 15) is 10.1 Å². The molecule has 0 unspecified atom stereocenters. The van der Waals surface area contributed by atoms with Crippen molar-refractivity contribution in [3.8, 4) is 11.5 Å². The molecule has 0 atom stereocenters. The van der Waals surface area contributed by atoms with Crippen LogP contribution in [0.25, 0.3) is 0 Å². The van der Waals surface area contributed by atoms with Crippen molar-refractivity contribution in [1.82, 2.24) is 5.43 Å². The normalized spacial score (nSPS) is 10.7. The number of para-hydroxylation sites is 1. The molecular weight excluding hydrogens is 368 g/mol. The van der Waals surface area contributed by atoms with E-state index in [4.69, 9.17) is 21.7 Å². The molecule has 0 amide bonds. The molecule has 2 aromatic carbocycles.